The van der Waals surface area contributed by atoms with Gasteiger partial charge in [-0.2, -0.15) is 0 Å². The molecule has 0 bridgehead atoms. The molecule has 2 amide bonds. The smallest absolute Gasteiger partial charge is 0.239 e. The van der Waals surface area contributed by atoms with E-state index in [0.29, 0.717) is 13.1 Å². The largest absolute Gasteiger partial charge is 0.339 e. The monoisotopic (exact) mass is 331 g/mol. The molecule has 132 valence electrons. The number of carbonyl (C=O) groups excluding carboxylic acids is 2. The Kier molecular flexibility index (Phi) is 5.65. The zero-order valence-corrected chi connectivity index (χ0v) is 15.5. The molecule has 5 heteroatoms. The summed E-state index contributed by atoms with van der Waals surface area (Å²) in [5.41, 5.74) is 1.84. The number of nitrogens with one attached hydrogen (secondary N) is 1. The fourth-order valence-corrected chi connectivity index (χ4v) is 3.09. The summed E-state index contributed by atoms with van der Waals surface area (Å²) in [6.45, 7) is 13.6. The first-order valence-electron chi connectivity index (χ1n) is 8.65. The number of piperazine rings is 1. The standard InChI is InChI=1S/C19H29N3O2/c1-6-21-7-9-22(10-8-21)18(24)19(4,5)17(23)20-16-12-14(2)11-15(3)13-16/h11-13H,6-10H2,1-5H3,(H,20,23). The second-order valence-electron chi connectivity index (χ2n) is 7.18. The molecule has 1 heterocycles. The number of nitrogens with zero attached hydrogens (tertiary/aromatic N) is 2. The number of hydrogen-bond donors (Lipinski definition) is 1. The van der Waals surface area contributed by atoms with Crippen LogP contribution in [0, 0.1) is 19.3 Å². The fourth-order valence-electron chi connectivity index (χ4n) is 3.09. The van der Waals surface area contributed by atoms with Gasteiger partial charge in [0.2, 0.25) is 11.8 Å². The van der Waals surface area contributed by atoms with E-state index in [1.54, 1.807) is 13.8 Å². The van der Waals surface area contributed by atoms with Crippen LogP contribution in [0.2, 0.25) is 0 Å². The molecule has 0 aliphatic carbocycles. The zero-order chi connectivity index (χ0) is 17.9. The van der Waals surface area contributed by atoms with Gasteiger partial charge in [-0.15, -0.1) is 0 Å². The normalized spacial score (nSPS) is 16.1. The van der Waals surface area contributed by atoms with E-state index in [1.807, 2.05) is 30.9 Å². The number of aryl methyl sites for hydroxylation is 2. The van der Waals surface area contributed by atoms with Crippen LogP contribution in [0.3, 0.4) is 0 Å². The molecule has 1 N–H and O–H groups in total. The quantitative estimate of drug-likeness (QED) is 0.862. The third kappa shape index (κ3) is 4.15. The van der Waals surface area contributed by atoms with Crippen LogP contribution in [0.4, 0.5) is 5.69 Å². The second kappa shape index (κ2) is 7.34. The molecular weight excluding hydrogens is 302 g/mol. The lowest BCUT2D eigenvalue weighted by Gasteiger charge is -2.37. The van der Waals surface area contributed by atoms with E-state index in [4.69, 9.17) is 0 Å². The van der Waals surface area contributed by atoms with Gasteiger partial charge in [-0.05, 0) is 57.5 Å². The molecule has 2 rings (SSSR count). The first kappa shape index (κ1) is 18.5. The lowest BCUT2D eigenvalue weighted by atomic mass is 9.89. The van der Waals surface area contributed by atoms with Gasteiger partial charge in [0.15, 0.2) is 0 Å². The molecule has 0 atom stereocenters. The molecule has 1 aliphatic rings. The third-order valence-electron chi connectivity index (χ3n) is 4.69. The van der Waals surface area contributed by atoms with Crippen molar-refractivity contribution in [3.63, 3.8) is 0 Å². The zero-order valence-electron chi connectivity index (χ0n) is 15.5. The molecule has 1 fully saturated rings. The van der Waals surface area contributed by atoms with E-state index in [9.17, 15) is 9.59 Å². The number of hydrogen-bond acceptors (Lipinski definition) is 3. The lowest BCUT2D eigenvalue weighted by Crippen LogP contribution is -2.54. The summed E-state index contributed by atoms with van der Waals surface area (Å²) in [6.07, 6.45) is 0. The minimum Gasteiger partial charge on any atom is -0.339 e. The molecule has 24 heavy (non-hydrogen) atoms. The molecule has 0 saturated carbocycles. The van der Waals surface area contributed by atoms with Crippen LogP contribution in [-0.2, 0) is 9.59 Å². The van der Waals surface area contributed by atoms with Crippen LogP contribution >= 0.6 is 0 Å². The van der Waals surface area contributed by atoms with Crippen molar-refractivity contribution in [2.75, 3.05) is 38.0 Å². The van der Waals surface area contributed by atoms with Gasteiger partial charge in [0.25, 0.3) is 0 Å². The summed E-state index contributed by atoms with van der Waals surface area (Å²) in [4.78, 5) is 29.6. The molecule has 0 unspecified atom stereocenters. The Balaban J connectivity index is 2.05. The number of rotatable bonds is 4. The van der Waals surface area contributed by atoms with Gasteiger partial charge in [-0.3, -0.25) is 9.59 Å². The van der Waals surface area contributed by atoms with E-state index in [1.165, 1.54) is 0 Å². The van der Waals surface area contributed by atoms with Crippen molar-refractivity contribution in [1.82, 2.24) is 9.80 Å². The molecule has 1 saturated heterocycles. The maximum absolute atomic E-state index is 12.8. The molecule has 1 aliphatic heterocycles. The minimum absolute atomic E-state index is 0.0971. The third-order valence-corrected chi connectivity index (χ3v) is 4.69. The highest BCUT2D eigenvalue weighted by Gasteiger charge is 2.40. The summed E-state index contributed by atoms with van der Waals surface area (Å²) < 4.78 is 0. The van der Waals surface area contributed by atoms with Crippen molar-refractivity contribution in [3.8, 4) is 0 Å². The summed E-state index contributed by atoms with van der Waals surface area (Å²) in [5.74, 6) is -0.351. The van der Waals surface area contributed by atoms with Gasteiger partial charge in [0.1, 0.15) is 5.41 Å². The SMILES string of the molecule is CCN1CCN(C(=O)C(C)(C)C(=O)Nc2cc(C)cc(C)c2)CC1. The summed E-state index contributed by atoms with van der Waals surface area (Å²) in [7, 11) is 0. The molecular formula is C19H29N3O2. The van der Waals surface area contributed by atoms with E-state index >= 15 is 0 Å². The first-order chi connectivity index (χ1) is 11.2. The average Bonchev–Trinajstić information content (AvgIpc) is 2.53. The number of anilines is 1. The minimum atomic E-state index is -1.08. The Morgan fingerprint density at radius 1 is 1.04 bits per heavy atom. The summed E-state index contributed by atoms with van der Waals surface area (Å²) in [6, 6.07) is 5.90. The van der Waals surface area contributed by atoms with Gasteiger partial charge in [-0.25, -0.2) is 0 Å². The average molecular weight is 331 g/mol. The number of likely N-dealkylation sites (N-methyl/N-ethyl adjacent to an activating group) is 1. The van der Waals surface area contributed by atoms with E-state index in [0.717, 1.165) is 36.4 Å². The Morgan fingerprint density at radius 2 is 1.58 bits per heavy atom. The van der Waals surface area contributed by atoms with Gasteiger partial charge in [-0.1, -0.05) is 13.0 Å². The predicted molar refractivity (Wildman–Crippen MR) is 97.0 cm³/mol. The van der Waals surface area contributed by atoms with E-state index in [-0.39, 0.29) is 11.8 Å². The number of carbonyl (C=O) groups is 2. The summed E-state index contributed by atoms with van der Waals surface area (Å²) in [5, 5.41) is 2.91. The number of benzene rings is 1. The lowest BCUT2D eigenvalue weighted by molar-refractivity contribution is -0.147. The van der Waals surface area contributed by atoms with Gasteiger partial charge in [0.05, 0.1) is 0 Å². The highest BCUT2D eigenvalue weighted by Crippen LogP contribution is 2.24. The van der Waals surface area contributed by atoms with Crippen LogP contribution in [0.25, 0.3) is 0 Å². The topological polar surface area (TPSA) is 52.7 Å². The molecule has 0 radical (unpaired) electrons. The molecule has 1 aromatic carbocycles. The predicted octanol–water partition coefficient (Wildman–Crippen LogP) is 2.43. The maximum Gasteiger partial charge on any atom is 0.239 e. The Morgan fingerprint density at radius 3 is 2.08 bits per heavy atom. The first-order valence-corrected chi connectivity index (χ1v) is 8.65. The van der Waals surface area contributed by atoms with Gasteiger partial charge < -0.3 is 15.1 Å². The van der Waals surface area contributed by atoms with Crippen molar-refractivity contribution in [2.24, 2.45) is 5.41 Å². The van der Waals surface area contributed by atoms with Gasteiger partial charge in [0, 0.05) is 31.9 Å². The van der Waals surface area contributed by atoms with Crippen molar-refractivity contribution < 1.29 is 9.59 Å². The molecule has 0 aromatic heterocycles. The van der Waals surface area contributed by atoms with Crippen molar-refractivity contribution in [1.29, 1.82) is 0 Å². The highest BCUT2D eigenvalue weighted by molar-refractivity contribution is 6.09. The Bertz CT molecular complexity index is 597. The van der Waals surface area contributed by atoms with Crippen molar-refractivity contribution in [2.45, 2.75) is 34.6 Å². The van der Waals surface area contributed by atoms with Crippen molar-refractivity contribution >= 4 is 17.5 Å². The maximum atomic E-state index is 12.8. The van der Waals surface area contributed by atoms with E-state index < -0.39 is 5.41 Å². The summed E-state index contributed by atoms with van der Waals surface area (Å²) >= 11 is 0. The second-order valence-corrected chi connectivity index (χ2v) is 7.18. The van der Waals surface area contributed by atoms with Crippen LogP contribution in [0.15, 0.2) is 18.2 Å². The molecule has 5 nitrogen and oxygen atoms in total. The Labute approximate surface area is 145 Å². The van der Waals surface area contributed by atoms with Crippen molar-refractivity contribution in [3.05, 3.63) is 29.3 Å². The van der Waals surface area contributed by atoms with Crippen LogP contribution < -0.4 is 5.32 Å². The van der Waals surface area contributed by atoms with Gasteiger partial charge >= 0.3 is 0 Å². The van der Waals surface area contributed by atoms with E-state index in [2.05, 4.69) is 23.2 Å². The molecule has 0 spiro atoms. The Hall–Kier alpha value is -1.88. The van der Waals surface area contributed by atoms with Crippen LogP contribution in [0.1, 0.15) is 31.9 Å². The fraction of sp³-hybridized carbons (Fsp3) is 0.579. The number of amides is 2. The van der Waals surface area contributed by atoms with Crippen LogP contribution in [-0.4, -0.2) is 54.3 Å². The molecule has 1 aromatic rings. The highest BCUT2D eigenvalue weighted by atomic mass is 16.2. The van der Waals surface area contributed by atoms with Crippen LogP contribution in [0.5, 0.6) is 0 Å².